The highest BCUT2D eigenvalue weighted by Gasteiger charge is 2.33. The van der Waals surface area contributed by atoms with Gasteiger partial charge in [0.15, 0.2) is 17.0 Å². The molecule has 0 aliphatic carbocycles. The predicted molar refractivity (Wildman–Crippen MR) is 253 cm³/mol. The molecule has 334 valence electrons. The summed E-state index contributed by atoms with van der Waals surface area (Å²) in [6.07, 6.45) is 0.862. The number of hydrogen-bond donors (Lipinski definition) is 0. The molecule has 0 bridgehead atoms. The first-order chi connectivity index (χ1) is 32.3. The summed E-state index contributed by atoms with van der Waals surface area (Å²) in [5.41, 5.74) is 6.55. The largest absolute Gasteiger partial charge is 0.497 e. The molecule has 0 amide bonds. The summed E-state index contributed by atoms with van der Waals surface area (Å²) >= 11 is 0. The number of esters is 2. The summed E-state index contributed by atoms with van der Waals surface area (Å²) in [7, 11) is 3.29. The molecule has 0 saturated heterocycles. The van der Waals surface area contributed by atoms with Crippen molar-refractivity contribution in [2.75, 3.05) is 37.2 Å². The molecule has 0 spiro atoms. The number of benzene rings is 6. The van der Waals surface area contributed by atoms with Gasteiger partial charge in [-0.3, -0.25) is 19.1 Å². The van der Waals surface area contributed by atoms with Gasteiger partial charge in [0, 0.05) is 25.2 Å². The number of methoxy groups -OCH3 is 2. The van der Waals surface area contributed by atoms with Crippen LogP contribution in [0.25, 0.3) is 11.2 Å². The van der Waals surface area contributed by atoms with Crippen LogP contribution in [0.4, 0.5) is 23.1 Å². The van der Waals surface area contributed by atoms with Crippen LogP contribution < -0.4 is 19.3 Å². The van der Waals surface area contributed by atoms with E-state index in [4.69, 9.17) is 38.6 Å². The molecule has 0 aliphatic heterocycles. The number of rotatable bonds is 19. The number of carbonyl (C=O) groups excluding carboxylic acids is 2. The standard InChI is InChI=1S/C53H50N6O7/c1-37(60)64-33-47(34-65-38(2)61)66-36-57-35-54-48-51(57)55-53(59(44-27-31-46(63-4)32-28-44)50(41-21-13-7-14-22-41)42-23-15-8-16-24-42)56-52(48)58(43-25-29-45(62-3)30-26-43)49(39-17-9-5-10-18-39)40-19-11-6-12-20-40/h5-32,35,47,49-50H,33-34,36H2,1-4H3. The highest BCUT2D eigenvalue weighted by atomic mass is 16.6. The summed E-state index contributed by atoms with van der Waals surface area (Å²) in [4.78, 5) is 44.2. The molecule has 66 heavy (non-hydrogen) atoms. The Morgan fingerprint density at radius 3 is 1.36 bits per heavy atom. The molecule has 8 rings (SSSR count). The number of anilines is 4. The van der Waals surface area contributed by atoms with E-state index in [1.54, 1.807) is 25.1 Å². The lowest BCUT2D eigenvalue weighted by Gasteiger charge is -2.36. The molecular weight excluding hydrogens is 833 g/mol. The van der Waals surface area contributed by atoms with Gasteiger partial charge in [0.25, 0.3) is 0 Å². The van der Waals surface area contributed by atoms with Crippen molar-refractivity contribution in [1.82, 2.24) is 19.5 Å². The lowest BCUT2D eigenvalue weighted by Crippen LogP contribution is -2.30. The Morgan fingerprint density at radius 2 is 0.955 bits per heavy atom. The van der Waals surface area contributed by atoms with Crippen molar-refractivity contribution in [3.05, 3.63) is 198 Å². The Kier molecular flexibility index (Phi) is 14.2. The molecule has 0 radical (unpaired) electrons. The van der Waals surface area contributed by atoms with Crippen LogP contribution in [0.5, 0.6) is 11.5 Å². The molecule has 13 heteroatoms. The van der Waals surface area contributed by atoms with Crippen LogP contribution in [-0.4, -0.2) is 65.0 Å². The number of carbonyl (C=O) groups is 2. The van der Waals surface area contributed by atoms with E-state index in [1.807, 2.05) is 121 Å². The first kappa shape index (κ1) is 44.6. The van der Waals surface area contributed by atoms with Gasteiger partial charge in [0.2, 0.25) is 5.95 Å². The fraction of sp³-hybridized carbons (Fsp3) is 0.189. The van der Waals surface area contributed by atoms with Crippen molar-refractivity contribution >= 4 is 46.2 Å². The Hall–Kier alpha value is -8.03. The third-order valence-corrected chi connectivity index (χ3v) is 11.0. The van der Waals surface area contributed by atoms with Crippen LogP contribution in [0.15, 0.2) is 176 Å². The lowest BCUT2D eigenvalue weighted by molar-refractivity contribution is -0.154. The normalized spacial score (nSPS) is 11.2. The van der Waals surface area contributed by atoms with Gasteiger partial charge in [0.1, 0.15) is 37.5 Å². The lowest BCUT2D eigenvalue weighted by atomic mass is 9.96. The van der Waals surface area contributed by atoms with Crippen LogP contribution in [0, 0.1) is 0 Å². The first-order valence-electron chi connectivity index (χ1n) is 21.5. The van der Waals surface area contributed by atoms with Crippen LogP contribution in [-0.2, 0) is 30.5 Å². The van der Waals surface area contributed by atoms with Crippen LogP contribution >= 0.6 is 0 Å². The fourth-order valence-corrected chi connectivity index (χ4v) is 7.82. The molecule has 2 aromatic heterocycles. The van der Waals surface area contributed by atoms with E-state index in [0.29, 0.717) is 34.4 Å². The molecule has 0 saturated carbocycles. The highest BCUT2D eigenvalue weighted by molar-refractivity contribution is 5.89. The van der Waals surface area contributed by atoms with Gasteiger partial charge in [-0.05, 0) is 70.8 Å². The van der Waals surface area contributed by atoms with Crippen molar-refractivity contribution < 1.29 is 33.3 Å². The van der Waals surface area contributed by atoms with E-state index in [1.165, 1.54) is 13.8 Å². The SMILES string of the molecule is COc1ccc(N(c2nc(N(c3ccc(OC)cc3)C(c3ccccc3)c3ccccc3)c3ncn(COC(COC(C)=O)COC(C)=O)c3n2)C(c2ccccc2)c2ccccc2)cc1. The summed E-state index contributed by atoms with van der Waals surface area (Å²) in [5.74, 6) is 1.27. The zero-order valence-corrected chi connectivity index (χ0v) is 37.1. The molecule has 0 fully saturated rings. The Balaban J connectivity index is 1.42. The van der Waals surface area contributed by atoms with Crippen molar-refractivity contribution in [3.63, 3.8) is 0 Å². The summed E-state index contributed by atoms with van der Waals surface area (Å²) in [5, 5.41) is 0. The first-order valence-corrected chi connectivity index (χ1v) is 21.5. The number of imidazole rings is 1. The van der Waals surface area contributed by atoms with Crippen LogP contribution in [0.3, 0.4) is 0 Å². The molecular formula is C53H50N6O7. The number of nitrogens with zero attached hydrogens (tertiary/aromatic N) is 6. The predicted octanol–water partition coefficient (Wildman–Crippen LogP) is 10.2. The van der Waals surface area contributed by atoms with Crippen molar-refractivity contribution in [2.24, 2.45) is 0 Å². The Labute approximate surface area is 383 Å². The van der Waals surface area contributed by atoms with E-state index in [9.17, 15) is 9.59 Å². The van der Waals surface area contributed by atoms with Crippen molar-refractivity contribution in [3.8, 4) is 11.5 Å². The average molecular weight is 883 g/mol. The van der Waals surface area contributed by atoms with Crippen LogP contribution in [0.2, 0.25) is 0 Å². The Bertz CT molecular complexity index is 2720. The van der Waals surface area contributed by atoms with E-state index >= 15 is 0 Å². The number of hydrogen-bond acceptors (Lipinski definition) is 12. The monoisotopic (exact) mass is 882 g/mol. The topological polar surface area (TPSA) is 130 Å². The highest BCUT2D eigenvalue weighted by Crippen LogP contribution is 2.45. The quantitative estimate of drug-likeness (QED) is 0.0717. The maximum Gasteiger partial charge on any atom is 0.302 e. The Morgan fingerprint density at radius 1 is 0.545 bits per heavy atom. The van der Waals surface area contributed by atoms with Gasteiger partial charge in [-0.1, -0.05) is 121 Å². The molecule has 13 nitrogen and oxygen atoms in total. The third-order valence-electron chi connectivity index (χ3n) is 11.0. The maximum absolute atomic E-state index is 11.9. The van der Waals surface area contributed by atoms with Gasteiger partial charge in [0.05, 0.1) is 32.6 Å². The van der Waals surface area contributed by atoms with Gasteiger partial charge < -0.3 is 28.6 Å². The van der Waals surface area contributed by atoms with E-state index in [2.05, 4.69) is 58.3 Å². The molecule has 8 aromatic rings. The van der Waals surface area contributed by atoms with Crippen molar-refractivity contribution in [1.29, 1.82) is 0 Å². The summed E-state index contributed by atoms with van der Waals surface area (Å²) < 4.78 is 30.0. The number of fused-ring (bicyclic) bond motifs is 1. The second-order valence-corrected chi connectivity index (χ2v) is 15.3. The minimum atomic E-state index is -0.788. The van der Waals surface area contributed by atoms with Gasteiger partial charge in [-0.25, -0.2) is 4.98 Å². The maximum atomic E-state index is 11.9. The van der Waals surface area contributed by atoms with E-state index in [0.717, 1.165) is 33.6 Å². The molecule has 2 heterocycles. The molecule has 0 aliphatic rings. The smallest absolute Gasteiger partial charge is 0.302 e. The van der Waals surface area contributed by atoms with Gasteiger partial charge in [-0.15, -0.1) is 0 Å². The minimum absolute atomic E-state index is 0.0910. The van der Waals surface area contributed by atoms with Gasteiger partial charge in [-0.2, -0.15) is 9.97 Å². The zero-order valence-electron chi connectivity index (χ0n) is 37.1. The van der Waals surface area contributed by atoms with Crippen LogP contribution in [0.1, 0.15) is 48.2 Å². The minimum Gasteiger partial charge on any atom is -0.497 e. The number of ether oxygens (including phenoxy) is 5. The van der Waals surface area contributed by atoms with E-state index < -0.39 is 30.1 Å². The zero-order chi connectivity index (χ0) is 45.8. The third kappa shape index (κ3) is 10.3. The second-order valence-electron chi connectivity index (χ2n) is 15.3. The molecule has 0 unspecified atom stereocenters. The molecule has 6 aromatic carbocycles. The van der Waals surface area contributed by atoms with E-state index in [-0.39, 0.29) is 19.9 Å². The van der Waals surface area contributed by atoms with Gasteiger partial charge >= 0.3 is 11.9 Å². The average Bonchev–Trinajstić information content (AvgIpc) is 3.78. The fourth-order valence-electron chi connectivity index (χ4n) is 7.82. The summed E-state index contributed by atoms with van der Waals surface area (Å²) in [6, 6.07) is 55.9. The molecule has 0 N–H and O–H groups in total. The molecule has 0 atom stereocenters. The number of aromatic nitrogens is 4. The summed E-state index contributed by atoms with van der Waals surface area (Å²) in [6.45, 7) is 2.26. The van der Waals surface area contributed by atoms with Crippen molar-refractivity contribution in [2.45, 2.75) is 38.8 Å². The second kappa shape index (κ2) is 21.1.